The molecule has 0 heterocycles. The maximum absolute atomic E-state index is 6.36. The van der Waals surface area contributed by atoms with Gasteiger partial charge in [0, 0.05) is 11.1 Å². The fourth-order valence-electron chi connectivity index (χ4n) is 2.95. The molecule has 2 fully saturated rings. The van der Waals surface area contributed by atoms with Crippen LogP contribution in [0.15, 0.2) is 18.2 Å². The Balaban J connectivity index is 1.89. The van der Waals surface area contributed by atoms with Crippen LogP contribution in [-0.2, 0) is 5.54 Å². The van der Waals surface area contributed by atoms with E-state index in [9.17, 15) is 0 Å². The summed E-state index contributed by atoms with van der Waals surface area (Å²) in [4.78, 5) is 0. The van der Waals surface area contributed by atoms with Gasteiger partial charge in [0.05, 0.1) is 6.10 Å². The lowest BCUT2D eigenvalue weighted by Crippen LogP contribution is -2.23. The minimum atomic E-state index is -0.0979. The fraction of sp³-hybridized carbons (Fsp3) is 0.600. The lowest BCUT2D eigenvalue weighted by atomic mass is 9.98. The number of hydrogen-bond donors (Lipinski definition) is 1. The van der Waals surface area contributed by atoms with Crippen molar-refractivity contribution in [3.05, 3.63) is 29.3 Å². The third-order valence-corrected chi connectivity index (χ3v) is 4.12. The minimum Gasteiger partial charge on any atom is -0.490 e. The summed E-state index contributed by atoms with van der Waals surface area (Å²) in [6.07, 6.45) is 7.62. The van der Waals surface area contributed by atoms with Crippen LogP contribution in [0.5, 0.6) is 5.75 Å². The summed E-state index contributed by atoms with van der Waals surface area (Å²) in [7, 11) is 0. The van der Waals surface area contributed by atoms with E-state index in [-0.39, 0.29) is 5.54 Å². The molecular formula is C15H21NO. The second-order valence-corrected chi connectivity index (χ2v) is 5.63. The van der Waals surface area contributed by atoms with Crippen LogP contribution in [-0.4, -0.2) is 6.10 Å². The molecule has 0 aromatic heterocycles. The molecule has 92 valence electrons. The molecule has 0 amide bonds. The normalized spacial score (nSPS) is 22.7. The maximum atomic E-state index is 6.36. The van der Waals surface area contributed by atoms with Crippen molar-refractivity contribution in [3.8, 4) is 5.75 Å². The van der Waals surface area contributed by atoms with E-state index in [4.69, 9.17) is 10.5 Å². The molecule has 2 nitrogen and oxygen atoms in total. The second-order valence-electron chi connectivity index (χ2n) is 5.63. The second kappa shape index (κ2) is 4.02. The maximum Gasteiger partial charge on any atom is 0.125 e. The highest BCUT2D eigenvalue weighted by atomic mass is 16.5. The van der Waals surface area contributed by atoms with Crippen molar-refractivity contribution in [2.75, 3.05) is 0 Å². The third-order valence-electron chi connectivity index (χ3n) is 4.12. The van der Waals surface area contributed by atoms with Crippen molar-refractivity contribution < 1.29 is 4.74 Å². The van der Waals surface area contributed by atoms with Gasteiger partial charge in [-0.1, -0.05) is 12.1 Å². The molecular weight excluding hydrogens is 210 g/mol. The van der Waals surface area contributed by atoms with E-state index in [1.807, 2.05) is 0 Å². The molecule has 3 rings (SSSR count). The van der Waals surface area contributed by atoms with Crippen molar-refractivity contribution in [3.63, 3.8) is 0 Å². The first-order valence-corrected chi connectivity index (χ1v) is 6.75. The topological polar surface area (TPSA) is 35.2 Å². The summed E-state index contributed by atoms with van der Waals surface area (Å²) >= 11 is 0. The summed E-state index contributed by atoms with van der Waals surface area (Å²) in [5, 5.41) is 0. The van der Waals surface area contributed by atoms with Crippen molar-refractivity contribution in [2.45, 2.75) is 57.1 Å². The number of benzene rings is 1. The average Bonchev–Trinajstić information content (AvgIpc) is 2.84. The van der Waals surface area contributed by atoms with Crippen LogP contribution < -0.4 is 10.5 Å². The molecule has 0 atom stereocenters. The molecule has 2 aliphatic carbocycles. The van der Waals surface area contributed by atoms with Gasteiger partial charge in [0.1, 0.15) is 5.75 Å². The van der Waals surface area contributed by atoms with Crippen molar-refractivity contribution in [1.29, 1.82) is 0 Å². The Kier molecular flexibility index (Phi) is 2.62. The van der Waals surface area contributed by atoms with Gasteiger partial charge in [-0.2, -0.15) is 0 Å². The molecule has 2 N–H and O–H groups in total. The van der Waals surface area contributed by atoms with E-state index < -0.39 is 0 Å². The van der Waals surface area contributed by atoms with E-state index in [1.54, 1.807) is 0 Å². The summed E-state index contributed by atoms with van der Waals surface area (Å²) in [6, 6.07) is 6.31. The molecule has 0 unspecified atom stereocenters. The number of nitrogens with two attached hydrogens (primary N) is 1. The van der Waals surface area contributed by atoms with Crippen LogP contribution in [0.1, 0.15) is 49.7 Å². The Morgan fingerprint density at radius 2 is 1.94 bits per heavy atom. The quantitative estimate of drug-likeness (QED) is 0.866. The zero-order valence-corrected chi connectivity index (χ0v) is 10.5. The number of hydrogen-bond acceptors (Lipinski definition) is 2. The summed E-state index contributed by atoms with van der Waals surface area (Å²) < 4.78 is 6.17. The van der Waals surface area contributed by atoms with Gasteiger partial charge in [-0.15, -0.1) is 0 Å². The number of rotatable bonds is 3. The highest BCUT2D eigenvalue weighted by Gasteiger charge is 2.43. The molecule has 0 bridgehead atoms. The summed E-state index contributed by atoms with van der Waals surface area (Å²) in [5.74, 6) is 1.04. The minimum absolute atomic E-state index is 0.0979. The Bertz CT molecular complexity index is 417. The SMILES string of the molecule is Cc1cccc(OC2CCCC2)c1C1(N)CC1. The van der Waals surface area contributed by atoms with Gasteiger partial charge >= 0.3 is 0 Å². The van der Waals surface area contributed by atoms with E-state index in [1.165, 1.54) is 36.8 Å². The molecule has 0 saturated heterocycles. The van der Waals surface area contributed by atoms with E-state index >= 15 is 0 Å². The molecule has 1 aromatic rings. The molecule has 2 heteroatoms. The van der Waals surface area contributed by atoms with Gasteiger partial charge in [0.25, 0.3) is 0 Å². The highest BCUT2D eigenvalue weighted by Crippen LogP contribution is 2.48. The van der Waals surface area contributed by atoms with Gasteiger partial charge in [0.15, 0.2) is 0 Å². The van der Waals surface area contributed by atoms with Gasteiger partial charge < -0.3 is 10.5 Å². The molecule has 0 spiro atoms. The Labute approximate surface area is 103 Å². The molecule has 0 aliphatic heterocycles. The molecule has 2 saturated carbocycles. The summed E-state index contributed by atoms with van der Waals surface area (Å²) in [5.41, 5.74) is 8.80. The van der Waals surface area contributed by atoms with Crippen LogP contribution in [0, 0.1) is 6.92 Å². The Morgan fingerprint density at radius 3 is 2.59 bits per heavy atom. The van der Waals surface area contributed by atoms with Crippen LogP contribution in [0.3, 0.4) is 0 Å². The van der Waals surface area contributed by atoms with Crippen molar-refractivity contribution in [1.82, 2.24) is 0 Å². The zero-order chi connectivity index (χ0) is 11.9. The van der Waals surface area contributed by atoms with Crippen molar-refractivity contribution in [2.24, 2.45) is 5.73 Å². The lowest BCUT2D eigenvalue weighted by molar-refractivity contribution is 0.206. The molecule has 1 aromatic carbocycles. The van der Waals surface area contributed by atoms with E-state index in [0.29, 0.717) is 6.10 Å². The molecule has 17 heavy (non-hydrogen) atoms. The Morgan fingerprint density at radius 1 is 1.24 bits per heavy atom. The van der Waals surface area contributed by atoms with Crippen LogP contribution in [0.4, 0.5) is 0 Å². The first-order chi connectivity index (χ1) is 8.19. The van der Waals surface area contributed by atoms with Gasteiger partial charge in [-0.25, -0.2) is 0 Å². The summed E-state index contributed by atoms with van der Waals surface area (Å²) in [6.45, 7) is 2.14. The van der Waals surface area contributed by atoms with Gasteiger partial charge in [0.2, 0.25) is 0 Å². The van der Waals surface area contributed by atoms with Gasteiger partial charge in [-0.05, 0) is 57.1 Å². The number of aryl methyl sites for hydroxylation is 1. The predicted molar refractivity (Wildman–Crippen MR) is 69.2 cm³/mol. The monoisotopic (exact) mass is 231 g/mol. The first kappa shape index (κ1) is 11.1. The third kappa shape index (κ3) is 2.06. The van der Waals surface area contributed by atoms with E-state index in [2.05, 4.69) is 25.1 Å². The van der Waals surface area contributed by atoms with Crippen LogP contribution >= 0.6 is 0 Å². The van der Waals surface area contributed by atoms with Crippen LogP contribution in [0.2, 0.25) is 0 Å². The van der Waals surface area contributed by atoms with Crippen LogP contribution in [0.25, 0.3) is 0 Å². The average molecular weight is 231 g/mol. The van der Waals surface area contributed by atoms with Crippen molar-refractivity contribution >= 4 is 0 Å². The first-order valence-electron chi connectivity index (χ1n) is 6.75. The Hall–Kier alpha value is -1.02. The largest absolute Gasteiger partial charge is 0.490 e. The number of ether oxygens (including phenoxy) is 1. The highest BCUT2D eigenvalue weighted by molar-refractivity contribution is 5.47. The smallest absolute Gasteiger partial charge is 0.125 e. The lowest BCUT2D eigenvalue weighted by Gasteiger charge is -2.21. The molecule has 2 aliphatic rings. The molecule has 0 radical (unpaired) electrons. The fourth-order valence-corrected chi connectivity index (χ4v) is 2.95. The van der Waals surface area contributed by atoms with E-state index in [0.717, 1.165) is 18.6 Å². The zero-order valence-electron chi connectivity index (χ0n) is 10.5. The predicted octanol–water partition coefficient (Wildman–Crippen LogP) is 3.26. The standard InChI is InChI=1S/C15H21NO/c1-11-5-4-8-13(14(11)15(16)9-10-15)17-12-6-2-3-7-12/h4-5,8,12H,2-3,6-7,9-10,16H2,1H3. The van der Waals surface area contributed by atoms with Gasteiger partial charge in [-0.3, -0.25) is 0 Å².